The second kappa shape index (κ2) is 6.11. The normalized spacial score (nSPS) is 8.56. The number of thiocarbonyl (C=S) groups is 1. The van der Waals surface area contributed by atoms with Crippen LogP contribution < -0.4 is 0 Å². The Balaban J connectivity index is 3.16. The molecule has 0 amide bonds. The van der Waals surface area contributed by atoms with Crippen LogP contribution in [-0.2, 0) is 4.74 Å². The lowest BCUT2D eigenvalue weighted by Crippen LogP contribution is -1.95. The van der Waals surface area contributed by atoms with Gasteiger partial charge in [0.2, 0.25) is 4.38 Å². The van der Waals surface area contributed by atoms with Gasteiger partial charge in [-0.25, -0.2) is 0 Å². The Labute approximate surface area is 65.5 Å². The summed E-state index contributed by atoms with van der Waals surface area (Å²) in [6, 6.07) is 0. The van der Waals surface area contributed by atoms with Gasteiger partial charge in [0.1, 0.15) is 0 Å². The molecule has 1 nitrogen and oxygen atoms in total. The van der Waals surface area contributed by atoms with Gasteiger partial charge in [-0.1, -0.05) is 17.8 Å². The Kier molecular flexibility index (Phi) is 6.09. The first-order valence-electron chi connectivity index (χ1n) is 2.71. The number of ether oxygens (including phenoxy) is 1. The summed E-state index contributed by atoms with van der Waals surface area (Å²) in [5.41, 5.74) is 0. The van der Waals surface area contributed by atoms with E-state index in [0.29, 0.717) is 11.0 Å². The maximum absolute atomic E-state index is 4.99. The van der Waals surface area contributed by atoms with Crippen molar-refractivity contribution in [3.8, 4) is 0 Å². The van der Waals surface area contributed by atoms with Crippen molar-refractivity contribution in [3.63, 3.8) is 0 Å². The molecule has 0 radical (unpaired) electrons. The lowest BCUT2D eigenvalue weighted by molar-refractivity contribution is 0.346. The molecule has 0 rings (SSSR count). The molecule has 0 aromatic heterocycles. The minimum Gasteiger partial charge on any atom is -0.479 e. The van der Waals surface area contributed by atoms with Gasteiger partial charge in [0, 0.05) is 5.75 Å². The predicted octanol–water partition coefficient (Wildman–Crippen LogP) is 2.23. The first-order chi connectivity index (χ1) is 4.31. The summed E-state index contributed by atoms with van der Waals surface area (Å²) in [5.74, 6) is 0.832. The van der Waals surface area contributed by atoms with E-state index in [9.17, 15) is 0 Å². The van der Waals surface area contributed by atoms with Crippen molar-refractivity contribution in [1.29, 1.82) is 0 Å². The molecule has 9 heavy (non-hydrogen) atoms. The molecular weight excluding hydrogens is 152 g/mol. The number of hydrogen-bond donors (Lipinski definition) is 0. The third-order valence-electron chi connectivity index (χ3n) is 0.581. The second-order valence-corrected chi connectivity index (χ2v) is 2.90. The van der Waals surface area contributed by atoms with E-state index >= 15 is 0 Å². The van der Waals surface area contributed by atoms with E-state index < -0.39 is 0 Å². The van der Waals surface area contributed by atoms with Crippen LogP contribution in [0.25, 0.3) is 0 Å². The van der Waals surface area contributed by atoms with Crippen molar-refractivity contribution in [2.45, 2.75) is 6.92 Å². The highest BCUT2D eigenvalue weighted by Gasteiger charge is 1.91. The van der Waals surface area contributed by atoms with Crippen LogP contribution in [0.4, 0.5) is 0 Å². The number of thioether (sulfide) groups is 1. The van der Waals surface area contributed by atoms with Gasteiger partial charge in [-0.2, -0.15) is 0 Å². The fraction of sp³-hybridized carbons (Fsp3) is 0.500. The van der Waals surface area contributed by atoms with Crippen molar-refractivity contribution in [1.82, 2.24) is 0 Å². The van der Waals surface area contributed by atoms with Gasteiger partial charge in [-0.05, 0) is 19.1 Å². The third kappa shape index (κ3) is 5.86. The van der Waals surface area contributed by atoms with Gasteiger partial charge in [-0.15, -0.1) is 6.58 Å². The molecule has 0 saturated heterocycles. The molecule has 0 aromatic carbocycles. The van der Waals surface area contributed by atoms with Crippen LogP contribution in [0.2, 0.25) is 0 Å². The van der Waals surface area contributed by atoms with Gasteiger partial charge in [0.25, 0.3) is 0 Å². The molecule has 0 aromatic rings. The average Bonchev–Trinajstić information content (AvgIpc) is 1.85. The molecule has 3 heteroatoms. The Hall–Kier alpha value is -0.0200. The average molecular weight is 162 g/mol. The van der Waals surface area contributed by atoms with Crippen LogP contribution in [0.3, 0.4) is 0 Å². The molecule has 0 spiro atoms. The van der Waals surface area contributed by atoms with Gasteiger partial charge < -0.3 is 4.74 Å². The molecule has 0 unspecified atom stereocenters. The SMILES string of the molecule is C=CCSC(=S)OCC. The Morgan fingerprint density at radius 3 is 3.00 bits per heavy atom. The highest BCUT2D eigenvalue weighted by Crippen LogP contribution is 2.04. The molecule has 0 aliphatic carbocycles. The molecule has 0 atom stereocenters. The molecule has 52 valence electrons. The summed E-state index contributed by atoms with van der Waals surface area (Å²) < 4.78 is 5.60. The zero-order valence-electron chi connectivity index (χ0n) is 5.42. The zero-order valence-corrected chi connectivity index (χ0v) is 7.06. The van der Waals surface area contributed by atoms with Gasteiger partial charge in [0.15, 0.2) is 0 Å². The van der Waals surface area contributed by atoms with Crippen molar-refractivity contribution in [3.05, 3.63) is 12.7 Å². The largest absolute Gasteiger partial charge is 0.479 e. The first kappa shape index (κ1) is 8.98. The molecule has 0 aliphatic heterocycles. The van der Waals surface area contributed by atoms with Gasteiger partial charge >= 0.3 is 0 Å². The standard InChI is InChI=1S/C6H10OS2/c1-3-5-9-6(8)7-4-2/h3H,1,4-5H2,2H3. The monoisotopic (exact) mass is 162 g/mol. The van der Waals surface area contributed by atoms with Crippen LogP contribution in [0.1, 0.15) is 6.92 Å². The quantitative estimate of drug-likeness (QED) is 0.465. The molecular formula is C6H10OS2. The summed E-state index contributed by atoms with van der Waals surface area (Å²) in [6.07, 6.45) is 1.80. The summed E-state index contributed by atoms with van der Waals surface area (Å²) in [6.45, 7) is 6.13. The Bertz CT molecular complexity index is 101. The van der Waals surface area contributed by atoms with Crippen molar-refractivity contribution < 1.29 is 4.74 Å². The second-order valence-electron chi connectivity index (χ2n) is 1.28. The van der Waals surface area contributed by atoms with E-state index in [-0.39, 0.29) is 0 Å². The van der Waals surface area contributed by atoms with Crippen LogP contribution in [0, 0.1) is 0 Å². The van der Waals surface area contributed by atoms with E-state index in [0.717, 1.165) is 5.75 Å². The third-order valence-corrected chi connectivity index (χ3v) is 1.81. The fourth-order valence-electron chi connectivity index (χ4n) is 0.286. The molecule has 0 bridgehead atoms. The summed E-state index contributed by atoms with van der Waals surface area (Å²) >= 11 is 6.30. The van der Waals surface area contributed by atoms with E-state index in [1.54, 1.807) is 6.08 Å². The van der Waals surface area contributed by atoms with Gasteiger partial charge in [0.05, 0.1) is 6.61 Å². The van der Waals surface area contributed by atoms with Gasteiger partial charge in [-0.3, -0.25) is 0 Å². The van der Waals surface area contributed by atoms with Crippen LogP contribution in [0.5, 0.6) is 0 Å². The van der Waals surface area contributed by atoms with E-state index in [4.69, 9.17) is 17.0 Å². The summed E-state index contributed by atoms with van der Waals surface area (Å²) in [7, 11) is 0. The molecule has 0 saturated carbocycles. The zero-order chi connectivity index (χ0) is 7.11. The predicted molar refractivity (Wildman–Crippen MR) is 46.9 cm³/mol. The highest BCUT2D eigenvalue weighted by atomic mass is 32.2. The first-order valence-corrected chi connectivity index (χ1v) is 4.11. The summed E-state index contributed by atoms with van der Waals surface area (Å²) in [5, 5.41) is 0. The number of rotatable bonds is 3. The lowest BCUT2D eigenvalue weighted by atomic mass is 10.8. The highest BCUT2D eigenvalue weighted by molar-refractivity contribution is 8.22. The van der Waals surface area contributed by atoms with Crippen LogP contribution >= 0.6 is 24.0 Å². The molecule has 0 heterocycles. The van der Waals surface area contributed by atoms with E-state index in [2.05, 4.69) is 6.58 Å². The summed E-state index contributed by atoms with van der Waals surface area (Å²) in [4.78, 5) is 0. The minimum atomic E-state index is 0.609. The van der Waals surface area contributed by atoms with E-state index in [1.807, 2.05) is 6.92 Å². The molecule has 0 fully saturated rings. The smallest absolute Gasteiger partial charge is 0.220 e. The Morgan fingerprint density at radius 2 is 2.56 bits per heavy atom. The van der Waals surface area contributed by atoms with Crippen LogP contribution in [-0.4, -0.2) is 16.7 Å². The minimum absolute atomic E-state index is 0.609. The van der Waals surface area contributed by atoms with Crippen molar-refractivity contribution >= 4 is 28.4 Å². The fourth-order valence-corrected chi connectivity index (χ4v) is 1.06. The number of hydrogen-bond acceptors (Lipinski definition) is 3. The van der Waals surface area contributed by atoms with Crippen molar-refractivity contribution in [2.24, 2.45) is 0 Å². The van der Waals surface area contributed by atoms with Crippen molar-refractivity contribution in [2.75, 3.05) is 12.4 Å². The van der Waals surface area contributed by atoms with E-state index in [1.165, 1.54) is 11.8 Å². The Morgan fingerprint density at radius 1 is 1.89 bits per heavy atom. The lowest BCUT2D eigenvalue weighted by Gasteiger charge is -1.99. The van der Waals surface area contributed by atoms with Crippen LogP contribution in [0.15, 0.2) is 12.7 Å². The molecule has 0 aliphatic rings. The maximum atomic E-state index is 4.99. The maximum Gasteiger partial charge on any atom is 0.220 e. The topological polar surface area (TPSA) is 9.23 Å². The molecule has 0 N–H and O–H groups in total.